The molecule has 1 N–H and O–H groups in total. The SMILES string of the molecule is CC[C@H](C(=O)N[C@@H](C)CC)N(Cc1ccc(F)cc1)C(=O)COc1cccc(C)c1. The number of amides is 2. The van der Waals surface area contributed by atoms with E-state index in [0.29, 0.717) is 12.2 Å². The van der Waals surface area contributed by atoms with Crippen molar-refractivity contribution >= 4 is 11.8 Å². The number of hydrogen-bond donors (Lipinski definition) is 1. The van der Waals surface area contributed by atoms with Crippen LogP contribution in [0.2, 0.25) is 0 Å². The summed E-state index contributed by atoms with van der Waals surface area (Å²) in [7, 11) is 0. The zero-order chi connectivity index (χ0) is 22.1. The standard InChI is InChI=1S/C24H31FN2O3/c1-5-18(4)26-24(29)22(6-2)27(15-19-10-12-20(25)13-11-19)23(28)16-30-21-9-7-8-17(3)14-21/h7-14,18,22H,5-6,15-16H2,1-4H3,(H,26,29)/t18-,22+/m0/s1. The average Bonchev–Trinajstić information content (AvgIpc) is 2.73. The average molecular weight is 415 g/mol. The van der Waals surface area contributed by atoms with Crippen molar-refractivity contribution in [1.29, 1.82) is 0 Å². The lowest BCUT2D eigenvalue weighted by Gasteiger charge is -2.31. The van der Waals surface area contributed by atoms with Crippen LogP contribution in [0, 0.1) is 12.7 Å². The number of nitrogens with one attached hydrogen (secondary N) is 1. The largest absolute Gasteiger partial charge is 0.484 e. The molecular weight excluding hydrogens is 383 g/mol. The molecule has 0 spiro atoms. The fourth-order valence-corrected chi connectivity index (χ4v) is 3.08. The monoisotopic (exact) mass is 414 g/mol. The van der Waals surface area contributed by atoms with E-state index in [-0.39, 0.29) is 36.8 Å². The Morgan fingerprint density at radius 3 is 2.40 bits per heavy atom. The Bertz CT molecular complexity index is 839. The Morgan fingerprint density at radius 1 is 1.10 bits per heavy atom. The molecule has 0 heterocycles. The molecule has 6 heteroatoms. The molecule has 0 aliphatic carbocycles. The summed E-state index contributed by atoms with van der Waals surface area (Å²) in [5, 5.41) is 2.96. The van der Waals surface area contributed by atoms with Crippen molar-refractivity contribution in [2.24, 2.45) is 0 Å². The normalized spacial score (nSPS) is 12.7. The number of nitrogens with zero attached hydrogens (tertiary/aromatic N) is 1. The number of rotatable bonds is 10. The van der Waals surface area contributed by atoms with E-state index in [1.807, 2.05) is 45.9 Å². The van der Waals surface area contributed by atoms with Crippen molar-refractivity contribution in [1.82, 2.24) is 10.2 Å². The summed E-state index contributed by atoms with van der Waals surface area (Å²) in [6.45, 7) is 7.75. The van der Waals surface area contributed by atoms with Gasteiger partial charge in [-0.05, 0) is 62.1 Å². The summed E-state index contributed by atoms with van der Waals surface area (Å²) in [5.41, 5.74) is 1.78. The maximum atomic E-state index is 13.3. The molecular formula is C24H31FN2O3. The number of carbonyl (C=O) groups excluding carboxylic acids is 2. The number of carbonyl (C=O) groups is 2. The fourth-order valence-electron chi connectivity index (χ4n) is 3.08. The molecule has 162 valence electrons. The van der Waals surface area contributed by atoms with Gasteiger partial charge in [0.05, 0.1) is 0 Å². The molecule has 0 aliphatic rings. The van der Waals surface area contributed by atoms with Gasteiger partial charge in [-0.2, -0.15) is 0 Å². The van der Waals surface area contributed by atoms with Gasteiger partial charge in [0.15, 0.2) is 6.61 Å². The lowest BCUT2D eigenvalue weighted by Crippen LogP contribution is -2.51. The zero-order valence-electron chi connectivity index (χ0n) is 18.2. The second kappa shape index (κ2) is 11.3. The Hall–Kier alpha value is -2.89. The predicted octanol–water partition coefficient (Wildman–Crippen LogP) is 4.24. The van der Waals surface area contributed by atoms with Crippen LogP contribution in [0.25, 0.3) is 0 Å². The zero-order valence-corrected chi connectivity index (χ0v) is 18.2. The summed E-state index contributed by atoms with van der Waals surface area (Å²) >= 11 is 0. The smallest absolute Gasteiger partial charge is 0.261 e. The van der Waals surface area contributed by atoms with E-state index < -0.39 is 6.04 Å². The third kappa shape index (κ3) is 6.87. The quantitative estimate of drug-likeness (QED) is 0.633. The van der Waals surface area contributed by atoms with Crippen LogP contribution in [-0.2, 0) is 16.1 Å². The van der Waals surface area contributed by atoms with Crippen LogP contribution < -0.4 is 10.1 Å². The molecule has 2 rings (SSSR count). The summed E-state index contributed by atoms with van der Waals surface area (Å²) in [6.07, 6.45) is 1.25. The highest BCUT2D eigenvalue weighted by Crippen LogP contribution is 2.16. The molecule has 0 saturated carbocycles. The molecule has 0 bridgehead atoms. The second-order valence-electron chi connectivity index (χ2n) is 7.50. The maximum absolute atomic E-state index is 13.3. The van der Waals surface area contributed by atoms with Gasteiger partial charge in [-0.25, -0.2) is 4.39 Å². The predicted molar refractivity (Wildman–Crippen MR) is 116 cm³/mol. The third-order valence-electron chi connectivity index (χ3n) is 5.00. The van der Waals surface area contributed by atoms with Gasteiger partial charge in [0, 0.05) is 12.6 Å². The number of halogens is 1. The summed E-state index contributed by atoms with van der Waals surface area (Å²) in [4.78, 5) is 27.4. The molecule has 0 aromatic heterocycles. The fraction of sp³-hybridized carbons (Fsp3) is 0.417. The lowest BCUT2D eigenvalue weighted by molar-refractivity contribution is -0.143. The molecule has 0 unspecified atom stereocenters. The van der Waals surface area contributed by atoms with Crippen molar-refractivity contribution in [3.8, 4) is 5.75 Å². The Labute approximate surface area is 178 Å². The summed E-state index contributed by atoms with van der Waals surface area (Å²) < 4.78 is 19.0. The van der Waals surface area contributed by atoms with Gasteiger partial charge >= 0.3 is 0 Å². The third-order valence-corrected chi connectivity index (χ3v) is 5.00. The minimum atomic E-state index is -0.641. The first-order valence-corrected chi connectivity index (χ1v) is 10.4. The van der Waals surface area contributed by atoms with Crippen LogP contribution in [0.1, 0.15) is 44.7 Å². The van der Waals surface area contributed by atoms with Crippen LogP contribution in [0.4, 0.5) is 4.39 Å². The van der Waals surface area contributed by atoms with Crippen LogP contribution in [0.3, 0.4) is 0 Å². The molecule has 0 saturated heterocycles. The van der Waals surface area contributed by atoms with E-state index in [4.69, 9.17) is 4.74 Å². The molecule has 5 nitrogen and oxygen atoms in total. The second-order valence-corrected chi connectivity index (χ2v) is 7.50. The van der Waals surface area contributed by atoms with E-state index in [0.717, 1.165) is 17.5 Å². The Balaban J connectivity index is 2.20. The van der Waals surface area contributed by atoms with Gasteiger partial charge in [-0.3, -0.25) is 9.59 Å². The van der Waals surface area contributed by atoms with E-state index in [2.05, 4.69) is 5.32 Å². The minimum Gasteiger partial charge on any atom is -0.484 e. The van der Waals surface area contributed by atoms with Crippen LogP contribution in [-0.4, -0.2) is 35.4 Å². The number of ether oxygens (including phenoxy) is 1. The van der Waals surface area contributed by atoms with Gasteiger partial charge in [0.1, 0.15) is 17.6 Å². The van der Waals surface area contributed by atoms with Crippen LogP contribution >= 0.6 is 0 Å². The maximum Gasteiger partial charge on any atom is 0.261 e. The van der Waals surface area contributed by atoms with E-state index >= 15 is 0 Å². The van der Waals surface area contributed by atoms with Crippen molar-refractivity contribution in [3.63, 3.8) is 0 Å². The van der Waals surface area contributed by atoms with Crippen molar-refractivity contribution in [3.05, 3.63) is 65.5 Å². The molecule has 0 aliphatic heterocycles. The first-order chi connectivity index (χ1) is 14.3. The first-order valence-electron chi connectivity index (χ1n) is 10.4. The van der Waals surface area contributed by atoms with Gasteiger partial charge in [-0.15, -0.1) is 0 Å². The van der Waals surface area contributed by atoms with Crippen molar-refractivity contribution in [2.75, 3.05) is 6.61 Å². The highest BCUT2D eigenvalue weighted by molar-refractivity contribution is 5.88. The first kappa shape index (κ1) is 23.4. The molecule has 30 heavy (non-hydrogen) atoms. The molecule has 2 aromatic rings. The topological polar surface area (TPSA) is 58.6 Å². The summed E-state index contributed by atoms with van der Waals surface area (Å²) in [6, 6.07) is 12.8. The van der Waals surface area contributed by atoms with Gasteiger partial charge < -0.3 is 15.0 Å². The molecule has 0 fully saturated rings. The van der Waals surface area contributed by atoms with E-state index in [1.54, 1.807) is 18.2 Å². The van der Waals surface area contributed by atoms with Gasteiger partial charge in [0.2, 0.25) is 5.91 Å². The number of aryl methyl sites for hydroxylation is 1. The van der Waals surface area contributed by atoms with E-state index in [1.165, 1.54) is 17.0 Å². The summed E-state index contributed by atoms with van der Waals surface area (Å²) in [5.74, 6) is -0.243. The molecule has 2 atom stereocenters. The number of hydrogen-bond acceptors (Lipinski definition) is 3. The van der Waals surface area contributed by atoms with Crippen molar-refractivity contribution in [2.45, 2.75) is 59.2 Å². The van der Waals surface area contributed by atoms with Gasteiger partial charge in [-0.1, -0.05) is 38.1 Å². The highest BCUT2D eigenvalue weighted by Gasteiger charge is 2.29. The Kier molecular flexibility index (Phi) is 8.84. The lowest BCUT2D eigenvalue weighted by atomic mass is 10.1. The van der Waals surface area contributed by atoms with Crippen molar-refractivity contribution < 1.29 is 18.7 Å². The van der Waals surface area contributed by atoms with Gasteiger partial charge in [0.25, 0.3) is 5.91 Å². The minimum absolute atomic E-state index is 0.0119. The van der Waals surface area contributed by atoms with Crippen LogP contribution in [0.15, 0.2) is 48.5 Å². The molecule has 2 aromatic carbocycles. The molecule has 0 radical (unpaired) electrons. The highest BCUT2D eigenvalue weighted by atomic mass is 19.1. The van der Waals surface area contributed by atoms with E-state index in [9.17, 15) is 14.0 Å². The number of benzene rings is 2. The Morgan fingerprint density at radius 2 is 1.80 bits per heavy atom. The van der Waals surface area contributed by atoms with Crippen LogP contribution in [0.5, 0.6) is 5.75 Å². The molecule has 2 amide bonds.